The van der Waals surface area contributed by atoms with Crippen molar-refractivity contribution in [2.75, 3.05) is 5.32 Å². The Morgan fingerprint density at radius 3 is 1.97 bits per heavy atom. The Kier molecular flexibility index (Phi) is 6.32. The number of fused-ring (bicyclic) bond motifs is 1. The van der Waals surface area contributed by atoms with Crippen LogP contribution in [-0.2, 0) is 11.2 Å². The predicted molar refractivity (Wildman–Crippen MR) is 118 cm³/mol. The van der Waals surface area contributed by atoms with Gasteiger partial charge in [0.15, 0.2) is 0 Å². The van der Waals surface area contributed by atoms with Crippen LogP contribution in [0.2, 0.25) is 0 Å². The van der Waals surface area contributed by atoms with Crippen molar-refractivity contribution >= 4 is 35.2 Å². The molecule has 0 aliphatic carbocycles. The molecule has 5 nitrogen and oxygen atoms in total. The molecule has 1 aliphatic rings. The van der Waals surface area contributed by atoms with Gasteiger partial charge in [-0.2, -0.15) is 8.78 Å². The van der Waals surface area contributed by atoms with E-state index in [1.165, 1.54) is 24.3 Å². The summed E-state index contributed by atoms with van der Waals surface area (Å²) in [6.45, 7) is 0. The summed E-state index contributed by atoms with van der Waals surface area (Å²) >= 11 is 0.404. The van der Waals surface area contributed by atoms with Crippen LogP contribution in [0, 0.1) is 0 Å². The number of benzene rings is 3. The molecular formula is C24H18F2N2O3S. The molecule has 0 unspecified atom stereocenters. The number of imide groups is 1. The number of amides is 3. The smallest absolute Gasteiger partial charge is 0.288 e. The van der Waals surface area contributed by atoms with E-state index in [4.69, 9.17) is 0 Å². The first-order valence-electron chi connectivity index (χ1n) is 9.80. The fourth-order valence-corrected chi connectivity index (χ4v) is 4.07. The molecule has 1 atom stereocenters. The van der Waals surface area contributed by atoms with Gasteiger partial charge >= 0.3 is 0 Å². The number of halogens is 2. The van der Waals surface area contributed by atoms with Crippen molar-refractivity contribution in [1.82, 2.24) is 4.90 Å². The second kappa shape index (κ2) is 9.32. The Bertz CT molecular complexity index is 1120. The van der Waals surface area contributed by atoms with Gasteiger partial charge in [0.2, 0.25) is 5.91 Å². The fraction of sp³-hybridized carbons (Fsp3) is 0.125. The lowest BCUT2D eigenvalue weighted by Gasteiger charge is -2.25. The van der Waals surface area contributed by atoms with Crippen LogP contribution in [0.4, 0.5) is 14.5 Å². The summed E-state index contributed by atoms with van der Waals surface area (Å²) in [5.74, 6) is -4.13. The first-order chi connectivity index (χ1) is 15.4. The molecule has 3 amide bonds. The average molecular weight is 452 g/mol. The van der Waals surface area contributed by atoms with Gasteiger partial charge in [-0.05, 0) is 42.0 Å². The number of nitrogens with one attached hydrogen (secondary N) is 1. The molecule has 0 spiro atoms. The summed E-state index contributed by atoms with van der Waals surface area (Å²) in [4.78, 5) is 40.6. The van der Waals surface area contributed by atoms with Gasteiger partial charge in [0, 0.05) is 17.0 Å². The number of hydrogen-bond acceptors (Lipinski definition) is 4. The third kappa shape index (κ3) is 4.55. The van der Waals surface area contributed by atoms with Crippen LogP contribution in [0.5, 0.6) is 0 Å². The third-order valence-electron chi connectivity index (χ3n) is 5.06. The lowest BCUT2D eigenvalue weighted by Crippen LogP contribution is -2.48. The van der Waals surface area contributed by atoms with Gasteiger partial charge in [0.1, 0.15) is 6.04 Å². The fourth-order valence-electron chi connectivity index (χ4n) is 3.57. The van der Waals surface area contributed by atoms with Crippen molar-refractivity contribution in [2.45, 2.75) is 23.1 Å². The summed E-state index contributed by atoms with van der Waals surface area (Å²) in [6.07, 6.45) is 0.136. The van der Waals surface area contributed by atoms with Gasteiger partial charge < -0.3 is 5.32 Å². The van der Waals surface area contributed by atoms with E-state index in [1.54, 1.807) is 24.3 Å². The maximum Gasteiger partial charge on any atom is 0.288 e. The Hall–Kier alpha value is -3.52. The maximum atomic E-state index is 13.2. The molecule has 32 heavy (non-hydrogen) atoms. The van der Waals surface area contributed by atoms with Crippen molar-refractivity contribution in [3.8, 4) is 0 Å². The number of alkyl halides is 2. The lowest BCUT2D eigenvalue weighted by atomic mass is 10.0. The summed E-state index contributed by atoms with van der Waals surface area (Å²) in [5.41, 5.74) is 1.68. The van der Waals surface area contributed by atoms with Gasteiger partial charge in [0.05, 0.1) is 11.1 Å². The summed E-state index contributed by atoms with van der Waals surface area (Å²) in [7, 11) is 0. The van der Waals surface area contributed by atoms with Crippen molar-refractivity contribution in [3.63, 3.8) is 0 Å². The van der Waals surface area contributed by atoms with Crippen molar-refractivity contribution in [1.29, 1.82) is 0 Å². The van der Waals surface area contributed by atoms with E-state index >= 15 is 0 Å². The molecule has 1 aliphatic heterocycles. The number of nitrogens with zero attached hydrogens (tertiary/aromatic N) is 1. The molecule has 0 fully saturated rings. The van der Waals surface area contributed by atoms with E-state index in [2.05, 4.69) is 5.32 Å². The SMILES string of the molecule is O=C(Nc1ccc(SC(F)F)cc1)[C@@H](Cc1ccccc1)N1C(=O)c2ccccc2C1=O. The minimum Gasteiger partial charge on any atom is -0.324 e. The van der Waals surface area contributed by atoms with E-state index < -0.39 is 29.5 Å². The zero-order valence-corrected chi connectivity index (χ0v) is 17.5. The minimum atomic E-state index is -2.54. The first kappa shape index (κ1) is 21.7. The van der Waals surface area contributed by atoms with Crippen molar-refractivity contribution < 1.29 is 23.2 Å². The van der Waals surface area contributed by atoms with Crippen LogP contribution in [-0.4, -0.2) is 34.4 Å². The zero-order valence-electron chi connectivity index (χ0n) is 16.7. The number of rotatable bonds is 7. The maximum absolute atomic E-state index is 13.2. The number of anilines is 1. The minimum absolute atomic E-state index is 0.136. The molecular weight excluding hydrogens is 434 g/mol. The summed E-state index contributed by atoms with van der Waals surface area (Å²) in [6, 6.07) is 20.4. The van der Waals surface area contributed by atoms with Crippen molar-refractivity contribution in [3.05, 3.63) is 95.6 Å². The van der Waals surface area contributed by atoms with E-state index in [0.717, 1.165) is 10.5 Å². The predicted octanol–water partition coefficient (Wildman–Crippen LogP) is 4.85. The molecule has 0 radical (unpaired) electrons. The van der Waals surface area contributed by atoms with Crippen LogP contribution in [0.15, 0.2) is 83.8 Å². The normalized spacial score (nSPS) is 13.9. The highest BCUT2D eigenvalue weighted by Crippen LogP contribution is 2.28. The molecule has 162 valence electrons. The van der Waals surface area contributed by atoms with Crippen LogP contribution in [0.25, 0.3) is 0 Å². The average Bonchev–Trinajstić information content (AvgIpc) is 3.04. The van der Waals surface area contributed by atoms with Crippen LogP contribution in [0.3, 0.4) is 0 Å². The monoisotopic (exact) mass is 452 g/mol. The molecule has 1 N–H and O–H groups in total. The third-order valence-corrected chi connectivity index (χ3v) is 5.78. The quantitative estimate of drug-likeness (QED) is 0.411. The largest absolute Gasteiger partial charge is 0.324 e. The van der Waals surface area contributed by atoms with Gasteiger partial charge in [-0.15, -0.1) is 0 Å². The lowest BCUT2D eigenvalue weighted by molar-refractivity contribution is -0.119. The second-order valence-electron chi connectivity index (χ2n) is 7.12. The Morgan fingerprint density at radius 1 is 0.844 bits per heavy atom. The Labute approximate surface area is 187 Å². The van der Waals surface area contributed by atoms with E-state index in [1.807, 2.05) is 30.3 Å². The molecule has 3 aromatic carbocycles. The van der Waals surface area contributed by atoms with E-state index in [0.29, 0.717) is 22.3 Å². The molecule has 3 aromatic rings. The van der Waals surface area contributed by atoms with Crippen LogP contribution < -0.4 is 5.32 Å². The van der Waals surface area contributed by atoms with Gasteiger partial charge in [-0.3, -0.25) is 19.3 Å². The van der Waals surface area contributed by atoms with Crippen molar-refractivity contribution in [2.24, 2.45) is 0 Å². The first-order valence-corrected chi connectivity index (χ1v) is 10.7. The number of hydrogen-bond donors (Lipinski definition) is 1. The topological polar surface area (TPSA) is 66.5 Å². The molecule has 4 rings (SSSR count). The molecule has 1 heterocycles. The highest BCUT2D eigenvalue weighted by Gasteiger charge is 2.42. The van der Waals surface area contributed by atoms with E-state index in [-0.39, 0.29) is 17.5 Å². The van der Waals surface area contributed by atoms with Crippen LogP contribution >= 0.6 is 11.8 Å². The molecule has 0 saturated heterocycles. The van der Waals surface area contributed by atoms with Gasteiger partial charge in [-0.25, -0.2) is 0 Å². The highest BCUT2D eigenvalue weighted by molar-refractivity contribution is 7.99. The molecule has 0 bridgehead atoms. The Morgan fingerprint density at radius 2 is 1.41 bits per heavy atom. The standard InChI is InChI=1S/C24H18F2N2O3S/c25-24(26)32-17-12-10-16(11-13-17)27-21(29)20(14-15-6-2-1-3-7-15)28-22(30)18-8-4-5-9-19(18)23(28)31/h1-13,20,24H,14H2,(H,27,29)/t20-/m1/s1. The number of thioether (sulfide) groups is 1. The number of carbonyl (C=O) groups is 3. The summed E-state index contributed by atoms with van der Waals surface area (Å²) in [5, 5.41) is 2.71. The summed E-state index contributed by atoms with van der Waals surface area (Å²) < 4.78 is 25.1. The molecule has 0 saturated carbocycles. The van der Waals surface area contributed by atoms with Gasteiger partial charge in [0.25, 0.3) is 17.6 Å². The van der Waals surface area contributed by atoms with Crippen LogP contribution in [0.1, 0.15) is 26.3 Å². The highest BCUT2D eigenvalue weighted by atomic mass is 32.2. The molecule has 8 heteroatoms. The number of carbonyl (C=O) groups excluding carboxylic acids is 3. The second-order valence-corrected chi connectivity index (χ2v) is 8.19. The molecule has 0 aromatic heterocycles. The van der Waals surface area contributed by atoms with E-state index in [9.17, 15) is 23.2 Å². The zero-order chi connectivity index (χ0) is 22.7. The van der Waals surface area contributed by atoms with Gasteiger partial charge in [-0.1, -0.05) is 54.2 Å². The Balaban J connectivity index is 1.61.